The topological polar surface area (TPSA) is 49.8 Å². The molecule has 2 fully saturated rings. The summed E-state index contributed by atoms with van der Waals surface area (Å²) in [7, 11) is 1.69. The number of fused-ring (bicyclic) bond motifs is 1. The van der Waals surface area contributed by atoms with E-state index in [-0.39, 0.29) is 12.1 Å². The molecule has 17 heavy (non-hydrogen) atoms. The zero-order chi connectivity index (χ0) is 12.4. The quantitative estimate of drug-likeness (QED) is 0.814. The molecule has 0 aromatic heterocycles. The average Bonchev–Trinajstić information content (AvgIpc) is 2.68. The number of likely N-dealkylation sites (tertiary alicyclic amines) is 1. The number of ether oxygens (including phenoxy) is 1. The van der Waals surface area contributed by atoms with Crippen LogP contribution >= 0.6 is 0 Å². The fraction of sp³-hybridized carbons (Fsp3) is 0.923. The molecule has 0 aromatic rings. The molecule has 4 unspecified atom stereocenters. The van der Waals surface area contributed by atoms with E-state index in [1.54, 1.807) is 7.11 Å². The van der Waals surface area contributed by atoms with Gasteiger partial charge in [0.1, 0.15) is 6.04 Å². The Kier molecular flexibility index (Phi) is 4.05. The second-order valence-electron chi connectivity index (χ2n) is 5.44. The summed E-state index contributed by atoms with van der Waals surface area (Å²) < 4.78 is 5.29. The van der Waals surface area contributed by atoms with Gasteiger partial charge in [0.15, 0.2) is 0 Å². The van der Waals surface area contributed by atoms with Crippen LogP contribution in [0.2, 0.25) is 0 Å². The molecule has 0 amide bonds. The van der Waals surface area contributed by atoms with Crippen LogP contribution in [-0.4, -0.2) is 47.8 Å². The molecular weight excluding hydrogens is 218 g/mol. The van der Waals surface area contributed by atoms with Crippen LogP contribution in [0.25, 0.3) is 0 Å². The van der Waals surface area contributed by atoms with Gasteiger partial charge in [-0.1, -0.05) is 12.8 Å². The summed E-state index contributed by atoms with van der Waals surface area (Å²) in [6.07, 6.45) is 5.80. The van der Waals surface area contributed by atoms with Crippen molar-refractivity contribution in [2.45, 2.75) is 57.2 Å². The SMILES string of the molecule is COC(C)CN1C(C(=O)O)CC2CCCCC21. The molecule has 98 valence electrons. The maximum absolute atomic E-state index is 11.3. The van der Waals surface area contributed by atoms with Gasteiger partial charge >= 0.3 is 5.97 Å². The number of carboxylic acids is 1. The highest BCUT2D eigenvalue weighted by Crippen LogP contribution is 2.39. The number of hydrogen-bond donors (Lipinski definition) is 1. The van der Waals surface area contributed by atoms with Gasteiger partial charge in [-0.25, -0.2) is 0 Å². The van der Waals surface area contributed by atoms with Gasteiger partial charge < -0.3 is 9.84 Å². The van der Waals surface area contributed by atoms with Crippen LogP contribution in [0, 0.1) is 5.92 Å². The first-order valence-electron chi connectivity index (χ1n) is 6.64. The van der Waals surface area contributed by atoms with E-state index in [0.717, 1.165) is 19.4 Å². The van der Waals surface area contributed by atoms with Gasteiger partial charge in [-0.2, -0.15) is 0 Å². The van der Waals surface area contributed by atoms with Crippen LogP contribution in [0.5, 0.6) is 0 Å². The number of hydrogen-bond acceptors (Lipinski definition) is 3. The maximum atomic E-state index is 11.3. The van der Waals surface area contributed by atoms with E-state index in [2.05, 4.69) is 4.90 Å². The van der Waals surface area contributed by atoms with Crippen LogP contribution in [0.15, 0.2) is 0 Å². The van der Waals surface area contributed by atoms with E-state index in [1.165, 1.54) is 19.3 Å². The first-order chi connectivity index (χ1) is 8.13. The van der Waals surface area contributed by atoms with E-state index in [4.69, 9.17) is 4.74 Å². The summed E-state index contributed by atoms with van der Waals surface area (Å²) in [6, 6.07) is 0.183. The van der Waals surface area contributed by atoms with Crippen LogP contribution in [0.4, 0.5) is 0 Å². The van der Waals surface area contributed by atoms with Gasteiger partial charge in [0.25, 0.3) is 0 Å². The van der Waals surface area contributed by atoms with Gasteiger partial charge in [0.2, 0.25) is 0 Å². The Morgan fingerprint density at radius 1 is 1.47 bits per heavy atom. The molecular formula is C13H23NO3. The third-order valence-corrected chi connectivity index (χ3v) is 4.38. The summed E-state index contributed by atoms with van der Waals surface area (Å²) in [4.78, 5) is 13.5. The lowest BCUT2D eigenvalue weighted by Gasteiger charge is -2.34. The first kappa shape index (κ1) is 12.8. The lowest BCUT2D eigenvalue weighted by Crippen LogP contribution is -2.45. The van der Waals surface area contributed by atoms with Crippen molar-refractivity contribution in [3.8, 4) is 0 Å². The highest BCUT2D eigenvalue weighted by molar-refractivity contribution is 5.74. The molecule has 0 radical (unpaired) electrons. The van der Waals surface area contributed by atoms with E-state index in [0.29, 0.717) is 12.0 Å². The fourth-order valence-corrected chi connectivity index (χ4v) is 3.43. The summed E-state index contributed by atoms with van der Waals surface area (Å²) in [5.74, 6) is -0.0726. The highest BCUT2D eigenvalue weighted by Gasteiger charge is 2.45. The van der Waals surface area contributed by atoms with Crippen molar-refractivity contribution in [2.75, 3.05) is 13.7 Å². The third kappa shape index (κ3) is 2.63. The Labute approximate surface area is 103 Å². The molecule has 1 N–H and O–H groups in total. The van der Waals surface area contributed by atoms with Crippen LogP contribution in [-0.2, 0) is 9.53 Å². The molecule has 4 atom stereocenters. The maximum Gasteiger partial charge on any atom is 0.320 e. The molecule has 4 heteroatoms. The second kappa shape index (κ2) is 5.36. The van der Waals surface area contributed by atoms with E-state index < -0.39 is 5.97 Å². The second-order valence-corrected chi connectivity index (χ2v) is 5.44. The normalized spacial score (nSPS) is 35.5. The fourth-order valence-electron chi connectivity index (χ4n) is 3.43. The van der Waals surface area contributed by atoms with Gasteiger partial charge in [0.05, 0.1) is 6.10 Å². The van der Waals surface area contributed by atoms with Crippen molar-refractivity contribution in [2.24, 2.45) is 5.92 Å². The Morgan fingerprint density at radius 3 is 2.82 bits per heavy atom. The predicted molar refractivity (Wildman–Crippen MR) is 65.0 cm³/mol. The molecule has 1 aliphatic heterocycles. The summed E-state index contributed by atoms with van der Waals surface area (Å²) >= 11 is 0. The summed E-state index contributed by atoms with van der Waals surface area (Å²) in [5.41, 5.74) is 0. The largest absolute Gasteiger partial charge is 0.480 e. The van der Waals surface area contributed by atoms with Crippen molar-refractivity contribution < 1.29 is 14.6 Å². The number of rotatable bonds is 4. The van der Waals surface area contributed by atoms with Crippen molar-refractivity contribution in [3.05, 3.63) is 0 Å². The van der Waals surface area contributed by atoms with Gasteiger partial charge in [-0.3, -0.25) is 9.69 Å². The van der Waals surface area contributed by atoms with Crippen molar-refractivity contribution in [3.63, 3.8) is 0 Å². The van der Waals surface area contributed by atoms with E-state index >= 15 is 0 Å². The number of carboxylic acid groups (broad SMARTS) is 1. The molecule has 1 saturated heterocycles. The molecule has 0 aromatic carbocycles. The Bertz CT molecular complexity index is 282. The number of methoxy groups -OCH3 is 1. The van der Waals surface area contributed by atoms with E-state index in [1.807, 2.05) is 6.92 Å². The molecule has 2 rings (SSSR count). The molecule has 0 spiro atoms. The molecule has 1 saturated carbocycles. The minimum Gasteiger partial charge on any atom is -0.480 e. The highest BCUT2D eigenvalue weighted by atomic mass is 16.5. The van der Waals surface area contributed by atoms with Crippen LogP contribution in [0.1, 0.15) is 39.0 Å². The summed E-state index contributed by atoms with van der Waals surface area (Å²) in [5, 5.41) is 9.33. The smallest absolute Gasteiger partial charge is 0.320 e. The van der Waals surface area contributed by atoms with Crippen molar-refractivity contribution in [1.82, 2.24) is 4.90 Å². The van der Waals surface area contributed by atoms with Gasteiger partial charge in [-0.05, 0) is 32.1 Å². The summed E-state index contributed by atoms with van der Waals surface area (Å²) in [6.45, 7) is 2.75. The number of nitrogens with zero attached hydrogens (tertiary/aromatic N) is 1. The molecule has 1 aliphatic carbocycles. The van der Waals surface area contributed by atoms with Crippen molar-refractivity contribution >= 4 is 5.97 Å². The average molecular weight is 241 g/mol. The number of carbonyl (C=O) groups is 1. The molecule has 2 aliphatic rings. The third-order valence-electron chi connectivity index (χ3n) is 4.38. The Hall–Kier alpha value is -0.610. The predicted octanol–water partition coefficient (Wildman–Crippen LogP) is 1.74. The monoisotopic (exact) mass is 241 g/mol. The van der Waals surface area contributed by atoms with Crippen LogP contribution in [0.3, 0.4) is 0 Å². The molecule has 0 bridgehead atoms. The standard InChI is InChI=1S/C13H23NO3/c1-9(17-2)8-14-11-6-4-3-5-10(11)7-12(14)13(15)16/h9-12H,3-8H2,1-2H3,(H,15,16). The lowest BCUT2D eigenvalue weighted by atomic mass is 9.85. The molecule has 4 nitrogen and oxygen atoms in total. The molecule has 1 heterocycles. The Balaban J connectivity index is 2.08. The van der Waals surface area contributed by atoms with Crippen LogP contribution < -0.4 is 0 Å². The number of aliphatic carboxylic acids is 1. The lowest BCUT2D eigenvalue weighted by molar-refractivity contribution is -0.143. The van der Waals surface area contributed by atoms with E-state index in [9.17, 15) is 9.90 Å². The minimum atomic E-state index is -0.664. The van der Waals surface area contributed by atoms with Gasteiger partial charge in [-0.15, -0.1) is 0 Å². The van der Waals surface area contributed by atoms with Gasteiger partial charge in [0, 0.05) is 19.7 Å². The first-order valence-corrected chi connectivity index (χ1v) is 6.64. The minimum absolute atomic E-state index is 0.109. The van der Waals surface area contributed by atoms with Crippen molar-refractivity contribution in [1.29, 1.82) is 0 Å². The zero-order valence-electron chi connectivity index (χ0n) is 10.8. The Morgan fingerprint density at radius 2 is 2.18 bits per heavy atom. The zero-order valence-corrected chi connectivity index (χ0v) is 10.8.